The molecule has 1 aromatic rings. The van der Waals surface area contributed by atoms with E-state index in [1.165, 1.54) is 6.92 Å². The zero-order valence-electron chi connectivity index (χ0n) is 13.3. The molecule has 0 saturated carbocycles. The van der Waals surface area contributed by atoms with Crippen LogP contribution in [0.25, 0.3) is 0 Å². The molecule has 6 heteroatoms. The van der Waals surface area contributed by atoms with Crippen molar-refractivity contribution < 1.29 is 9.59 Å². The average molecular weight is 321 g/mol. The molecular formula is C16H23N3O2S. The minimum Gasteiger partial charge on any atom is -0.370 e. The van der Waals surface area contributed by atoms with Gasteiger partial charge in [0.2, 0.25) is 0 Å². The quantitative estimate of drug-likeness (QED) is 0.595. The molecule has 0 aliphatic heterocycles. The van der Waals surface area contributed by atoms with Gasteiger partial charge in [-0.25, -0.2) is 0 Å². The fourth-order valence-corrected chi connectivity index (χ4v) is 2.08. The van der Waals surface area contributed by atoms with E-state index >= 15 is 0 Å². The lowest BCUT2D eigenvalue weighted by Crippen LogP contribution is -2.39. The van der Waals surface area contributed by atoms with Gasteiger partial charge in [0.1, 0.15) is 0 Å². The van der Waals surface area contributed by atoms with E-state index in [0.717, 1.165) is 19.6 Å². The first kappa shape index (κ1) is 18.3. The van der Waals surface area contributed by atoms with Gasteiger partial charge in [0.15, 0.2) is 10.8 Å². The number of benzene rings is 1. The lowest BCUT2D eigenvalue weighted by atomic mass is 10.1. The minimum absolute atomic E-state index is 0.00790. The van der Waals surface area contributed by atoms with Crippen LogP contribution in [0.1, 0.15) is 31.1 Å². The van der Waals surface area contributed by atoms with E-state index in [1.807, 2.05) is 0 Å². The number of likely N-dealkylation sites (N-methyl/N-ethyl adjacent to an activating group) is 1. The summed E-state index contributed by atoms with van der Waals surface area (Å²) in [5, 5.41) is 5.66. The maximum atomic E-state index is 12.0. The summed E-state index contributed by atoms with van der Waals surface area (Å²) in [6.07, 6.45) is 0. The number of amides is 1. The summed E-state index contributed by atoms with van der Waals surface area (Å²) in [6, 6.07) is 6.73. The first-order chi connectivity index (χ1) is 10.5. The topological polar surface area (TPSA) is 61.4 Å². The van der Waals surface area contributed by atoms with Crippen LogP contribution in [0.2, 0.25) is 0 Å². The Labute approximate surface area is 137 Å². The number of hydrogen-bond donors (Lipinski definition) is 2. The second-order valence-corrected chi connectivity index (χ2v) is 5.28. The van der Waals surface area contributed by atoms with Crippen LogP contribution >= 0.6 is 12.2 Å². The highest BCUT2D eigenvalue weighted by Gasteiger charge is 2.09. The van der Waals surface area contributed by atoms with E-state index in [2.05, 4.69) is 29.4 Å². The van der Waals surface area contributed by atoms with Crippen LogP contribution < -0.4 is 10.6 Å². The van der Waals surface area contributed by atoms with Gasteiger partial charge < -0.3 is 15.5 Å². The van der Waals surface area contributed by atoms with Crippen molar-refractivity contribution in [1.82, 2.24) is 10.2 Å². The van der Waals surface area contributed by atoms with E-state index in [1.54, 1.807) is 24.3 Å². The van der Waals surface area contributed by atoms with Crippen molar-refractivity contribution in [2.24, 2.45) is 0 Å². The van der Waals surface area contributed by atoms with Gasteiger partial charge in [-0.1, -0.05) is 26.1 Å². The van der Waals surface area contributed by atoms with Gasteiger partial charge in [-0.15, -0.1) is 0 Å². The predicted octanol–water partition coefficient (Wildman–Crippen LogP) is 2.09. The van der Waals surface area contributed by atoms with Crippen molar-refractivity contribution in [2.75, 3.05) is 31.5 Å². The number of anilines is 1. The third kappa shape index (κ3) is 5.91. The number of nitrogens with zero attached hydrogens (tertiary/aromatic N) is 1. The lowest BCUT2D eigenvalue weighted by molar-refractivity contribution is -0.110. The summed E-state index contributed by atoms with van der Waals surface area (Å²) in [5.74, 6) is -0.350. The molecule has 0 spiro atoms. The molecule has 1 aromatic carbocycles. The fourth-order valence-electron chi connectivity index (χ4n) is 1.92. The minimum atomic E-state index is -0.342. The summed E-state index contributed by atoms with van der Waals surface area (Å²) < 4.78 is 0. The number of rotatable bonds is 7. The molecule has 5 nitrogen and oxygen atoms in total. The third-order valence-electron chi connectivity index (χ3n) is 3.36. The van der Waals surface area contributed by atoms with E-state index < -0.39 is 0 Å². The van der Waals surface area contributed by atoms with E-state index in [-0.39, 0.29) is 16.7 Å². The summed E-state index contributed by atoms with van der Waals surface area (Å²) in [5.41, 5.74) is 1.22. The first-order valence-corrected chi connectivity index (χ1v) is 7.81. The number of Topliss-reactive ketones (excluding diaryl/α,β-unsaturated/α-hetero) is 1. The Balaban J connectivity index is 2.43. The summed E-state index contributed by atoms with van der Waals surface area (Å²) in [4.78, 5) is 25.6. The molecule has 0 fully saturated rings. The molecule has 0 aliphatic rings. The second kappa shape index (κ2) is 9.27. The molecule has 0 atom stereocenters. The fraction of sp³-hybridized carbons (Fsp3) is 0.438. The van der Waals surface area contributed by atoms with Crippen molar-refractivity contribution in [2.45, 2.75) is 20.8 Å². The molecule has 0 heterocycles. The van der Waals surface area contributed by atoms with Gasteiger partial charge >= 0.3 is 0 Å². The third-order valence-corrected chi connectivity index (χ3v) is 3.69. The molecule has 120 valence electrons. The molecule has 0 bridgehead atoms. The molecule has 0 aliphatic carbocycles. The maximum Gasteiger partial charge on any atom is 0.283 e. The second-order valence-electron chi connectivity index (χ2n) is 4.87. The Morgan fingerprint density at radius 2 is 1.73 bits per heavy atom. The number of carbonyl (C=O) groups excluding carboxylic acids is 2. The van der Waals surface area contributed by atoms with Crippen molar-refractivity contribution in [3.05, 3.63) is 29.8 Å². The molecule has 0 aromatic heterocycles. The number of hydrogen-bond acceptors (Lipinski definition) is 4. The van der Waals surface area contributed by atoms with Gasteiger partial charge in [-0.3, -0.25) is 9.59 Å². The zero-order valence-corrected chi connectivity index (χ0v) is 14.1. The summed E-state index contributed by atoms with van der Waals surface area (Å²) in [6.45, 7) is 9.12. The van der Waals surface area contributed by atoms with Gasteiger partial charge in [0.25, 0.3) is 5.91 Å². The molecule has 2 N–H and O–H groups in total. The van der Waals surface area contributed by atoms with Crippen LogP contribution in [0.5, 0.6) is 0 Å². The zero-order chi connectivity index (χ0) is 16.5. The Morgan fingerprint density at radius 3 is 2.23 bits per heavy atom. The number of ketones is 1. The molecule has 1 amide bonds. The SMILES string of the molecule is CCN(CC)CCNC(=S)C(=O)Nc1ccc(C(C)=O)cc1. The van der Waals surface area contributed by atoms with Gasteiger partial charge in [0.05, 0.1) is 0 Å². The molecule has 22 heavy (non-hydrogen) atoms. The molecule has 0 unspecified atom stereocenters. The van der Waals surface area contributed by atoms with E-state index in [9.17, 15) is 9.59 Å². The highest BCUT2D eigenvalue weighted by molar-refractivity contribution is 7.82. The van der Waals surface area contributed by atoms with Crippen LogP contribution in [0.4, 0.5) is 5.69 Å². The normalized spacial score (nSPS) is 10.4. The van der Waals surface area contributed by atoms with Crippen molar-refractivity contribution in [3.8, 4) is 0 Å². The predicted molar refractivity (Wildman–Crippen MR) is 93.5 cm³/mol. The molecule has 0 saturated heterocycles. The van der Waals surface area contributed by atoms with Crippen LogP contribution in [0.15, 0.2) is 24.3 Å². The van der Waals surface area contributed by atoms with Gasteiger partial charge in [0, 0.05) is 24.3 Å². The smallest absolute Gasteiger partial charge is 0.283 e. The molecule has 0 radical (unpaired) electrons. The van der Waals surface area contributed by atoms with E-state index in [0.29, 0.717) is 17.8 Å². The number of carbonyl (C=O) groups is 2. The monoisotopic (exact) mass is 321 g/mol. The largest absolute Gasteiger partial charge is 0.370 e. The highest BCUT2D eigenvalue weighted by atomic mass is 32.1. The average Bonchev–Trinajstić information content (AvgIpc) is 2.51. The van der Waals surface area contributed by atoms with E-state index in [4.69, 9.17) is 12.2 Å². The van der Waals surface area contributed by atoms with Crippen LogP contribution in [0.3, 0.4) is 0 Å². The van der Waals surface area contributed by atoms with Crippen molar-refractivity contribution in [3.63, 3.8) is 0 Å². The highest BCUT2D eigenvalue weighted by Crippen LogP contribution is 2.09. The Morgan fingerprint density at radius 1 is 1.14 bits per heavy atom. The lowest BCUT2D eigenvalue weighted by Gasteiger charge is -2.18. The Kier molecular flexibility index (Phi) is 7.70. The van der Waals surface area contributed by atoms with Gasteiger partial charge in [-0.2, -0.15) is 0 Å². The maximum absolute atomic E-state index is 12.0. The van der Waals surface area contributed by atoms with Crippen molar-refractivity contribution >= 4 is 34.6 Å². The first-order valence-electron chi connectivity index (χ1n) is 7.40. The van der Waals surface area contributed by atoms with Crippen molar-refractivity contribution in [1.29, 1.82) is 0 Å². The van der Waals surface area contributed by atoms with Crippen LogP contribution in [-0.4, -0.2) is 47.8 Å². The van der Waals surface area contributed by atoms with Crippen LogP contribution in [-0.2, 0) is 4.79 Å². The summed E-state index contributed by atoms with van der Waals surface area (Å²) in [7, 11) is 0. The Bertz CT molecular complexity index is 525. The summed E-state index contributed by atoms with van der Waals surface area (Å²) >= 11 is 5.07. The number of nitrogens with one attached hydrogen (secondary N) is 2. The Hall–Kier alpha value is -1.79. The van der Waals surface area contributed by atoms with Gasteiger partial charge in [-0.05, 0) is 44.3 Å². The number of thiocarbonyl (C=S) groups is 1. The molecular weight excluding hydrogens is 298 g/mol. The standard InChI is InChI=1S/C16H23N3O2S/c1-4-19(5-2)11-10-17-16(22)15(21)18-14-8-6-13(7-9-14)12(3)20/h6-9H,4-5,10-11H2,1-3H3,(H,17,22)(H,18,21). The molecule has 1 rings (SSSR count). The van der Waals surface area contributed by atoms with Crippen LogP contribution in [0, 0.1) is 0 Å².